The third kappa shape index (κ3) is 6.83. The summed E-state index contributed by atoms with van der Waals surface area (Å²) in [6.07, 6.45) is -0.438. The Morgan fingerprint density at radius 2 is 1.59 bits per heavy atom. The minimum atomic E-state index is -0.867. The Bertz CT molecular complexity index is 1080. The van der Waals surface area contributed by atoms with Gasteiger partial charge in [0.25, 0.3) is 0 Å². The molecule has 0 fully saturated rings. The maximum absolute atomic E-state index is 13.1. The SMILES string of the molecule is Cc1ccccc1NC(=O)[C@H](Cc1cc(I)c(O)c(I)c1)NC(=O)OCc1ccccc1. The van der Waals surface area contributed by atoms with Crippen LogP contribution < -0.4 is 10.6 Å². The number of amides is 2. The minimum Gasteiger partial charge on any atom is -0.506 e. The van der Waals surface area contributed by atoms with Crippen molar-refractivity contribution >= 4 is 62.9 Å². The highest BCUT2D eigenvalue weighted by atomic mass is 127. The van der Waals surface area contributed by atoms with Gasteiger partial charge in [0.2, 0.25) is 5.91 Å². The van der Waals surface area contributed by atoms with Gasteiger partial charge in [-0.3, -0.25) is 4.79 Å². The topological polar surface area (TPSA) is 87.7 Å². The number of halogens is 2. The summed E-state index contributed by atoms with van der Waals surface area (Å²) in [4.78, 5) is 25.6. The summed E-state index contributed by atoms with van der Waals surface area (Å²) in [5, 5.41) is 15.6. The zero-order chi connectivity index (χ0) is 23.1. The van der Waals surface area contributed by atoms with Crippen molar-refractivity contribution in [1.82, 2.24) is 5.32 Å². The fourth-order valence-corrected chi connectivity index (χ4v) is 4.92. The first kappa shape index (κ1) is 24.3. The Morgan fingerprint density at radius 3 is 2.25 bits per heavy atom. The number of anilines is 1. The number of ether oxygens (including phenoxy) is 1. The fourth-order valence-electron chi connectivity index (χ4n) is 3.02. The molecule has 0 aromatic heterocycles. The van der Waals surface area contributed by atoms with Crippen molar-refractivity contribution in [3.63, 3.8) is 0 Å². The van der Waals surface area contributed by atoms with E-state index in [0.29, 0.717) is 12.8 Å². The van der Waals surface area contributed by atoms with Crippen LogP contribution in [0.5, 0.6) is 5.75 Å². The van der Waals surface area contributed by atoms with E-state index < -0.39 is 12.1 Å². The molecule has 0 bridgehead atoms. The number of nitrogens with one attached hydrogen (secondary N) is 2. The predicted molar refractivity (Wildman–Crippen MR) is 141 cm³/mol. The molecule has 32 heavy (non-hydrogen) atoms. The molecule has 3 rings (SSSR count). The summed E-state index contributed by atoms with van der Waals surface area (Å²) < 4.78 is 6.66. The number of phenolic OH excluding ortho intramolecular Hbond substituents is 1. The van der Waals surface area contributed by atoms with Crippen LogP contribution in [0.2, 0.25) is 0 Å². The molecule has 3 aromatic carbocycles. The van der Waals surface area contributed by atoms with Crippen molar-refractivity contribution in [1.29, 1.82) is 0 Å². The quantitative estimate of drug-likeness (QED) is 0.298. The number of hydrogen-bond donors (Lipinski definition) is 3. The molecule has 0 heterocycles. The second-order valence-corrected chi connectivity index (χ2v) is 9.50. The lowest BCUT2D eigenvalue weighted by molar-refractivity contribution is -0.118. The van der Waals surface area contributed by atoms with Gasteiger partial charge in [0.15, 0.2) is 0 Å². The number of carbonyl (C=O) groups excluding carboxylic acids is 2. The van der Waals surface area contributed by atoms with Gasteiger partial charge >= 0.3 is 6.09 Å². The number of alkyl carbamates (subject to hydrolysis) is 1. The second kappa shape index (κ2) is 11.5. The lowest BCUT2D eigenvalue weighted by atomic mass is 10.0. The molecule has 3 aromatic rings. The number of aryl methyl sites for hydroxylation is 1. The van der Waals surface area contributed by atoms with Crippen LogP contribution in [0.3, 0.4) is 0 Å². The van der Waals surface area contributed by atoms with Gasteiger partial charge in [-0.05, 0) is 87.0 Å². The number of phenols is 1. The van der Waals surface area contributed by atoms with Crippen LogP contribution >= 0.6 is 45.2 Å². The van der Waals surface area contributed by atoms with E-state index in [2.05, 4.69) is 10.6 Å². The van der Waals surface area contributed by atoms with Gasteiger partial charge < -0.3 is 20.5 Å². The summed E-state index contributed by atoms with van der Waals surface area (Å²) in [5.74, 6) is -0.153. The first-order valence-corrected chi connectivity index (χ1v) is 12.0. The predicted octanol–water partition coefficient (Wildman–Crippen LogP) is 5.39. The summed E-state index contributed by atoms with van der Waals surface area (Å²) in [5.41, 5.74) is 3.26. The molecular formula is C24H22I2N2O4. The fraction of sp³-hybridized carbons (Fsp3) is 0.167. The summed E-state index contributed by atoms with van der Waals surface area (Å²) in [6, 6.07) is 19.5. The van der Waals surface area contributed by atoms with Gasteiger partial charge in [-0.2, -0.15) is 0 Å². The minimum absolute atomic E-state index is 0.105. The molecule has 2 amide bonds. The third-order valence-corrected chi connectivity index (χ3v) is 6.39. The van der Waals surface area contributed by atoms with E-state index in [-0.39, 0.29) is 24.7 Å². The van der Waals surface area contributed by atoms with Gasteiger partial charge in [-0.25, -0.2) is 4.79 Å². The molecule has 3 N–H and O–H groups in total. The van der Waals surface area contributed by atoms with Crippen LogP contribution in [-0.2, 0) is 22.6 Å². The van der Waals surface area contributed by atoms with Gasteiger partial charge in [-0.1, -0.05) is 48.5 Å². The molecule has 0 saturated heterocycles. The first-order chi connectivity index (χ1) is 15.3. The van der Waals surface area contributed by atoms with E-state index in [0.717, 1.165) is 16.7 Å². The number of para-hydroxylation sites is 1. The average molecular weight is 656 g/mol. The van der Waals surface area contributed by atoms with E-state index >= 15 is 0 Å². The second-order valence-electron chi connectivity index (χ2n) is 7.18. The van der Waals surface area contributed by atoms with Crippen molar-refractivity contribution in [3.05, 3.63) is 90.6 Å². The molecular weight excluding hydrogens is 634 g/mol. The molecule has 1 atom stereocenters. The summed E-state index contributed by atoms with van der Waals surface area (Å²) >= 11 is 4.08. The summed E-state index contributed by atoms with van der Waals surface area (Å²) in [6.45, 7) is 2.00. The number of rotatable bonds is 7. The van der Waals surface area contributed by atoms with E-state index in [9.17, 15) is 14.7 Å². The molecule has 0 radical (unpaired) electrons. The summed E-state index contributed by atoms with van der Waals surface area (Å²) in [7, 11) is 0. The van der Waals surface area contributed by atoms with Gasteiger partial charge in [0, 0.05) is 12.1 Å². The van der Waals surface area contributed by atoms with E-state index in [1.165, 1.54) is 0 Å². The molecule has 0 aliphatic carbocycles. The average Bonchev–Trinajstić information content (AvgIpc) is 2.78. The third-order valence-electron chi connectivity index (χ3n) is 4.74. The van der Waals surface area contributed by atoms with Crippen molar-refractivity contribution in [3.8, 4) is 5.75 Å². The van der Waals surface area contributed by atoms with E-state index in [1.54, 1.807) is 12.1 Å². The van der Waals surface area contributed by atoms with Crippen LogP contribution in [0.15, 0.2) is 66.7 Å². The Kier molecular flexibility index (Phi) is 8.74. The van der Waals surface area contributed by atoms with Crippen molar-refractivity contribution < 1.29 is 19.4 Å². The van der Waals surface area contributed by atoms with Crippen LogP contribution in [0, 0.1) is 14.1 Å². The molecule has 0 aliphatic rings. The number of hydrogen-bond acceptors (Lipinski definition) is 4. The van der Waals surface area contributed by atoms with Crippen LogP contribution in [0.4, 0.5) is 10.5 Å². The molecule has 0 aliphatic heterocycles. The highest BCUT2D eigenvalue weighted by Gasteiger charge is 2.23. The normalized spacial score (nSPS) is 11.5. The highest BCUT2D eigenvalue weighted by molar-refractivity contribution is 14.1. The molecule has 8 heteroatoms. The lowest BCUT2D eigenvalue weighted by Crippen LogP contribution is -2.45. The highest BCUT2D eigenvalue weighted by Crippen LogP contribution is 2.28. The largest absolute Gasteiger partial charge is 0.506 e. The van der Waals surface area contributed by atoms with Crippen molar-refractivity contribution in [2.24, 2.45) is 0 Å². The Labute approximate surface area is 214 Å². The van der Waals surface area contributed by atoms with Gasteiger partial charge in [0.05, 0.1) is 7.14 Å². The standard InChI is InChI=1S/C24H22I2N2O4/c1-15-7-5-6-10-20(15)27-23(30)21(13-17-11-18(25)22(29)19(26)12-17)28-24(31)32-14-16-8-3-2-4-9-16/h2-12,21,29H,13-14H2,1H3,(H,27,30)(H,28,31)/t21-/m0/s1. The van der Waals surface area contributed by atoms with E-state index in [1.807, 2.05) is 107 Å². The first-order valence-electron chi connectivity index (χ1n) is 9.84. The van der Waals surface area contributed by atoms with Gasteiger partial charge in [-0.15, -0.1) is 0 Å². The van der Waals surface area contributed by atoms with Crippen molar-refractivity contribution in [2.45, 2.75) is 26.0 Å². The maximum atomic E-state index is 13.1. The maximum Gasteiger partial charge on any atom is 0.408 e. The van der Waals surface area contributed by atoms with E-state index in [4.69, 9.17) is 4.74 Å². The molecule has 0 spiro atoms. The van der Waals surface area contributed by atoms with Crippen molar-refractivity contribution in [2.75, 3.05) is 5.32 Å². The molecule has 166 valence electrons. The lowest BCUT2D eigenvalue weighted by Gasteiger charge is -2.20. The Balaban J connectivity index is 1.75. The zero-order valence-corrected chi connectivity index (χ0v) is 21.6. The Morgan fingerprint density at radius 1 is 0.969 bits per heavy atom. The van der Waals surface area contributed by atoms with Crippen LogP contribution in [0.1, 0.15) is 16.7 Å². The zero-order valence-electron chi connectivity index (χ0n) is 17.3. The van der Waals surface area contributed by atoms with Gasteiger partial charge in [0.1, 0.15) is 18.4 Å². The molecule has 6 nitrogen and oxygen atoms in total. The number of aromatic hydroxyl groups is 1. The van der Waals surface area contributed by atoms with Crippen LogP contribution in [-0.4, -0.2) is 23.1 Å². The number of carbonyl (C=O) groups is 2. The monoisotopic (exact) mass is 656 g/mol. The molecule has 0 unspecified atom stereocenters. The smallest absolute Gasteiger partial charge is 0.408 e. The van der Waals surface area contributed by atoms with Crippen LogP contribution in [0.25, 0.3) is 0 Å². The molecule has 0 saturated carbocycles. The number of benzene rings is 3. The Hall–Kier alpha value is -2.34.